The van der Waals surface area contributed by atoms with Crippen molar-refractivity contribution in [3.8, 4) is 5.75 Å². The maximum atomic E-state index is 13.0. The highest BCUT2D eigenvalue weighted by molar-refractivity contribution is 7.92. The summed E-state index contributed by atoms with van der Waals surface area (Å²) in [6.07, 6.45) is 3.56. The van der Waals surface area contributed by atoms with E-state index in [-0.39, 0.29) is 15.7 Å². The number of aryl methyl sites for hydroxylation is 1. The molecule has 0 spiro atoms. The number of para-hydroxylation sites is 1. The number of halogens is 1. The van der Waals surface area contributed by atoms with Gasteiger partial charge in [-0.1, -0.05) is 23.7 Å². The third kappa shape index (κ3) is 9.60. The highest BCUT2D eigenvalue weighted by atomic mass is 35.5. The van der Waals surface area contributed by atoms with Crippen molar-refractivity contribution >= 4 is 44.6 Å². The van der Waals surface area contributed by atoms with Crippen LogP contribution >= 0.6 is 11.6 Å². The summed E-state index contributed by atoms with van der Waals surface area (Å²) in [5.41, 5.74) is 3.55. The number of piperidine rings is 1. The summed E-state index contributed by atoms with van der Waals surface area (Å²) >= 11 is 6.45. The molecular formula is C35H50ClN7O5S. The minimum atomic E-state index is -3.54. The number of likely N-dealkylation sites (tertiary alicyclic amines) is 1. The lowest BCUT2D eigenvalue weighted by molar-refractivity contribution is -0.0607. The molecule has 2 fully saturated rings. The topological polar surface area (TPSA) is 121 Å². The van der Waals surface area contributed by atoms with E-state index in [0.29, 0.717) is 43.5 Å². The summed E-state index contributed by atoms with van der Waals surface area (Å²) < 4.78 is 43.4. The number of hydrogen-bond acceptors (Lipinski definition) is 12. The number of sulfone groups is 1. The van der Waals surface area contributed by atoms with Gasteiger partial charge in [0.05, 0.1) is 41.6 Å². The first kappa shape index (κ1) is 37.2. The molecule has 1 aromatic heterocycles. The van der Waals surface area contributed by atoms with Gasteiger partial charge >= 0.3 is 0 Å². The molecule has 2 aliphatic heterocycles. The Kier molecular flexibility index (Phi) is 13.1. The van der Waals surface area contributed by atoms with E-state index < -0.39 is 15.1 Å². The van der Waals surface area contributed by atoms with E-state index in [1.807, 2.05) is 6.92 Å². The van der Waals surface area contributed by atoms with E-state index in [1.165, 1.54) is 11.8 Å². The SMILES string of the molecule is CCOCN1CCN(COCN2CCC(c3cc(OC)c(Nc4ncc(Cl)c(Nc5ccccc5S(=O)(=O)C(C)C)n4)cc3C)CC2)CC1. The molecule has 2 aliphatic rings. The van der Waals surface area contributed by atoms with Gasteiger partial charge in [0.15, 0.2) is 15.7 Å². The largest absolute Gasteiger partial charge is 0.495 e. The number of nitrogens with zero attached hydrogens (tertiary/aromatic N) is 5. The van der Waals surface area contributed by atoms with Crippen molar-refractivity contribution in [1.82, 2.24) is 24.7 Å². The molecule has 2 aromatic carbocycles. The molecular weight excluding hydrogens is 666 g/mol. The molecule has 268 valence electrons. The van der Waals surface area contributed by atoms with Crippen LogP contribution in [0, 0.1) is 6.92 Å². The molecule has 0 unspecified atom stereocenters. The molecule has 0 amide bonds. The van der Waals surface area contributed by atoms with E-state index in [9.17, 15) is 8.42 Å². The fraction of sp³-hybridized carbons (Fsp3) is 0.543. The zero-order valence-corrected chi connectivity index (χ0v) is 30.8. The van der Waals surface area contributed by atoms with E-state index in [4.69, 9.17) is 25.8 Å². The standard InChI is InChI=1S/C35H50ClN7O5S/c1-6-47-22-42-15-17-43(18-16-42)24-48-23-41-13-11-27(12-14-41)28-20-32(46-5)31(19-26(28)4)39-35-37-21-29(36)34(40-35)38-30-9-7-8-10-33(30)49(44,45)25(2)3/h7-10,19-21,25,27H,6,11-18,22-24H2,1-5H3,(H2,37,38,39,40). The van der Waals surface area contributed by atoms with Crippen LogP contribution in [0.15, 0.2) is 47.5 Å². The van der Waals surface area contributed by atoms with Crippen LogP contribution in [0.5, 0.6) is 5.75 Å². The third-order valence-electron chi connectivity index (χ3n) is 9.16. The second-order valence-electron chi connectivity index (χ2n) is 12.9. The Labute approximate surface area is 296 Å². The zero-order valence-electron chi connectivity index (χ0n) is 29.2. The van der Waals surface area contributed by atoms with Gasteiger partial charge in [-0.25, -0.2) is 13.4 Å². The first-order valence-electron chi connectivity index (χ1n) is 17.0. The smallest absolute Gasteiger partial charge is 0.229 e. The molecule has 3 aromatic rings. The number of anilines is 4. The quantitative estimate of drug-likeness (QED) is 0.197. The second kappa shape index (κ2) is 17.3. The Morgan fingerprint density at radius 1 is 0.918 bits per heavy atom. The zero-order chi connectivity index (χ0) is 35.0. The summed E-state index contributed by atoms with van der Waals surface area (Å²) in [5.74, 6) is 1.69. The summed E-state index contributed by atoms with van der Waals surface area (Å²) in [6, 6.07) is 10.9. The second-order valence-corrected chi connectivity index (χ2v) is 15.7. The monoisotopic (exact) mass is 715 g/mol. The molecule has 0 atom stereocenters. The number of aromatic nitrogens is 2. The molecule has 0 aliphatic carbocycles. The van der Waals surface area contributed by atoms with Gasteiger partial charge in [0.2, 0.25) is 5.95 Å². The normalized spacial score (nSPS) is 17.0. The van der Waals surface area contributed by atoms with Gasteiger partial charge in [-0.15, -0.1) is 0 Å². The molecule has 14 heteroatoms. The average Bonchev–Trinajstić information content (AvgIpc) is 3.10. The lowest BCUT2D eigenvalue weighted by Crippen LogP contribution is -2.48. The number of hydrogen-bond donors (Lipinski definition) is 2. The number of ether oxygens (including phenoxy) is 3. The minimum absolute atomic E-state index is 0.184. The van der Waals surface area contributed by atoms with Gasteiger partial charge in [0.1, 0.15) is 24.2 Å². The van der Waals surface area contributed by atoms with Crippen LogP contribution in [0.1, 0.15) is 50.7 Å². The highest BCUT2D eigenvalue weighted by Crippen LogP contribution is 2.38. The van der Waals surface area contributed by atoms with Crippen LogP contribution in [0.25, 0.3) is 0 Å². The van der Waals surface area contributed by atoms with Crippen molar-refractivity contribution in [1.29, 1.82) is 0 Å². The summed E-state index contributed by atoms with van der Waals surface area (Å²) in [7, 11) is -1.89. The molecule has 0 radical (unpaired) electrons. The molecule has 0 saturated carbocycles. The van der Waals surface area contributed by atoms with Crippen LogP contribution in [0.2, 0.25) is 5.02 Å². The predicted molar refractivity (Wildman–Crippen MR) is 194 cm³/mol. The fourth-order valence-corrected chi connectivity index (χ4v) is 7.53. The summed E-state index contributed by atoms with van der Waals surface area (Å²) in [4.78, 5) is 16.2. The number of rotatable bonds is 15. The molecule has 2 saturated heterocycles. The average molecular weight is 716 g/mol. The van der Waals surface area contributed by atoms with Crippen LogP contribution in [-0.4, -0.2) is 112 Å². The summed E-state index contributed by atoms with van der Waals surface area (Å²) in [5, 5.41) is 6.06. The minimum Gasteiger partial charge on any atom is -0.495 e. The van der Waals surface area contributed by atoms with Crippen molar-refractivity contribution in [2.75, 3.05) is 83.8 Å². The molecule has 49 heavy (non-hydrogen) atoms. The number of methoxy groups -OCH3 is 1. The molecule has 12 nitrogen and oxygen atoms in total. The van der Waals surface area contributed by atoms with Crippen LogP contribution in [-0.2, 0) is 19.3 Å². The molecule has 5 rings (SSSR count). The van der Waals surface area contributed by atoms with Crippen molar-refractivity contribution in [2.24, 2.45) is 0 Å². The Balaban J connectivity index is 1.18. The number of benzene rings is 2. The van der Waals surface area contributed by atoms with E-state index in [0.717, 1.165) is 70.0 Å². The van der Waals surface area contributed by atoms with Crippen LogP contribution in [0.3, 0.4) is 0 Å². The van der Waals surface area contributed by atoms with E-state index in [1.54, 1.807) is 45.2 Å². The van der Waals surface area contributed by atoms with E-state index in [2.05, 4.69) is 54.4 Å². The molecule has 2 N–H and O–H groups in total. The first-order chi connectivity index (χ1) is 23.6. The third-order valence-corrected chi connectivity index (χ3v) is 11.7. The van der Waals surface area contributed by atoms with Crippen LogP contribution in [0.4, 0.5) is 23.1 Å². The lowest BCUT2D eigenvalue weighted by atomic mass is 9.86. The van der Waals surface area contributed by atoms with E-state index >= 15 is 0 Å². The van der Waals surface area contributed by atoms with Gasteiger partial charge < -0.3 is 24.8 Å². The lowest BCUT2D eigenvalue weighted by Gasteiger charge is -2.35. The van der Waals surface area contributed by atoms with Gasteiger partial charge in [-0.2, -0.15) is 4.98 Å². The fourth-order valence-electron chi connectivity index (χ4n) is 6.19. The Hall–Kier alpha value is -3.04. The van der Waals surface area contributed by atoms with Crippen LogP contribution < -0.4 is 15.4 Å². The molecule has 0 bridgehead atoms. The van der Waals surface area contributed by atoms with Crippen molar-refractivity contribution in [3.63, 3.8) is 0 Å². The van der Waals surface area contributed by atoms with Crippen molar-refractivity contribution in [3.05, 3.63) is 58.7 Å². The Morgan fingerprint density at radius 3 is 2.18 bits per heavy atom. The van der Waals surface area contributed by atoms with Gasteiger partial charge in [-0.05, 0) is 81.8 Å². The van der Waals surface area contributed by atoms with Gasteiger partial charge in [-0.3, -0.25) is 14.7 Å². The highest BCUT2D eigenvalue weighted by Gasteiger charge is 2.25. The number of nitrogens with one attached hydrogen (secondary N) is 2. The van der Waals surface area contributed by atoms with Gasteiger partial charge in [0, 0.05) is 45.9 Å². The Morgan fingerprint density at radius 2 is 1.55 bits per heavy atom. The predicted octanol–water partition coefficient (Wildman–Crippen LogP) is 5.84. The first-order valence-corrected chi connectivity index (χ1v) is 18.9. The van der Waals surface area contributed by atoms with Gasteiger partial charge in [0.25, 0.3) is 0 Å². The maximum absolute atomic E-state index is 13.0. The number of piperazine rings is 1. The Bertz CT molecular complexity index is 1650. The maximum Gasteiger partial charge on any atom is 0.229 e. The molecule has 3 heterocycles. The van der Waals surface area contributed by atoms with Crippen molar-refractivity contribution in [2.45, 2.75) is 56.6 Å². The van der Waals surface area contributed by atoms with Crippen molar-refractivity contribution < 1.29 is 22.6 Å². The summed E-state index contributed by atoms with van der Waals surface area (Å²) in [6.45, 7) is 16.2.